The number of benzene rings is 2. The van der Waals surface area contributed by atoms with Crippen LogP contribution < -0.4 is 21.5 Å². The zero-order valence-electron chi connectivity index (χ0n) is 21.4. The quantitative estimate of drug-likeness (QED) is 0.172. The van der Waals surface area contributed by atoms with Crippen LogP contribution in [-0.2, 0) is 16.0 Å². The number of amides is 1. The molecule has 9 heteroatoms. The van der Waals surface area contributed by atoms with Gasteiger partial charge in [-0.2, -0.15) is 0 Å². The van der Waals surface area contributed by atoms with E-state index in [1.54, 1.807) is 18.2 Å². The smallest absolute Gasteiger partial charge is 0.244 e. The number of phenols is 1. The van der Waals surface area contributed by atoms with E-state index < -0.39 is 0 Å². The molecule has 0 fully saturated rings. The number of nitrogens with one attached hydrogen (secondary N) is 1. The minimum Gasteiger partial charge on any atom is -0.507 e. The van der Waals surface area contributed by atoms with E-state index >= 15 is 0 Å². The van der Waals surface area contributed by atoms with E-state index in [1.165, 1.54) is 6.08 Å². The lowest BCUT2D eigenvalue weighted by Gasteiger charge is -2.38. The number of carbonyl (C=O) groups excluding carboxylic acids is 1. The number of hydrogen-bond donors (Lipinski definition) is 4. The number of aliphatic imine (C=N–C) groups is 1. The van der Waals surface area contributed by atoms with Crippen molar-refractivity contribution in [3.05, 3.63) is 58.2 Å². The standard InChI is InChI=1S/C27H36N4O4.ClH/c1-17-18(2)25-22(19(3)24(17)33)11-12-27(4,35-25)13-15-34-16-14-30-23(32)10-7-20-5-8-21(9-6-20)31-26(28)29;/h5-10,33H,11-16H2,1-4H3,(H,30,32)(H4,28,29,31);1H/b10-7+;. The lowest BCUT2D eigenvalue weighted by Crippen LogP contribution is -2.38. The third kappa shape index (κ3) is 7.38. The van der Waals surface area contributed by atoms with Crippen molar-refractivity contribution in [2.75, 3.05) is 19.8 Å². The average molecular weight is 517 g/mol. The van der Waals surface area contributed by atoms with Crippen LogP contribution in [0.5, 0.6) is 11.5 Å². The Labute approximate surface area is 219 Å². The number of fused-ring (bicyclic) bond motifs is 1. The van der Waals surface area contributed by atoms with Gasteiger partial charge in [0.15, 0.2) is 5.96 Å². The molecule has 0 aromatic heterocycles. The zero-order chi connectivity index (χ0) is 25.6. The number of aromatic hydroxyl groups is 1. The molecule has 1 atom stereocenters. The highest BCUT2D eigenvalue weighted by Gasteiger charge is 2.34. The van der Waals surface area contributed by atoms with Crippen molar-refractivity contribution in [3.63, 3.8) is 0 Å². The number of ether oxygens (including phenoxy) is 2. The number of carbonyl (C=O) groups is 1. The van der Waals surface area contributed by atoms with E-state index in [0.29, 0.717) is 31.2 Å². The zero-order valence-corrected chi connectivity index (χ0v) is 22.2. The maximum absolute atomic E-state index is 12.0. The van der Waals surface area contributed by atoms with Crippen molar-refractivity contribution in [1.29, 1.82) is 0 Å². The summed E-state index contributed by atoms with van der Waals surface area (Å²) in [5.74, 6) is 1.08. The SMILES string of the molecule is Cc1c(C)c2c(c(C)c1O)CCC(C)(CCOCCNC(=O)/C=C/c1ccc(N=C(N)N)cc1)O2.Cl. The minimum atomic E-state index is -0.323. The van der Waals surface area contributed by atoms with Crippen LogP contribution in [0.2, 0.25) is 0 Å². The number of hydrogen-bond acceptors (Lipinski definition) is 5. The Morgan fingerprint density at radius 2 is 1.86 bits per heavy atom. The van der Waals surface area contributed by atoms with Gasteiger partial charge in [-0.1, -0.05) is 12.1 Å². The molecule has 1 heterocycles. The Hall–Kier alpha value is -3.23. The molecule has 2 aromatic rings. The van der Waals surface area contributed by atoms with Gasteiger partial charge in [0.2, 0.25) is 5.91 Å². The first kappa shape index (κ1) is 29.0. The highest BCUT2D eigenvalue weighted by Crippen LogP contribution is 2.44. The summed E-state index contributed by atoms with van der Waals surface area (Å²) >= 11 is 0. The lowest BCUT2D eigenvalue weighted by atomic mass is 9.86. The van der Waals surface area contributed by atoms with Gasteiger partial charge in [0.05, 0.1) is 18.9 Å². The number of guanidine groups is 1. The molecule has 0 bridgehead atoms. The van der Waals surface area contributed by atoms with Crippen molar-refractivity contribution < 1.29 is 19.4 Å². The number of nitrogens with two attached hydrogens (primary N) is 2. The largest absolute Gasteiger partial charge is 0.507 e. The molecule has 0 radical (unpaired) electrons. The number of nitrogens with zero attached hydrogens (tertiary/aromatic N) is 1. The van der Waals surface area contributed by atoms with Gasteiger partial charge < -0.3 is 31.4 Å². The molecule has 196 valence electrons. The number of halogens is 1. The summed E-state index contributed by atoms with van der Waals surface area (Å²) in [6, 6.07) is 7.20. The molecular weight excluding hydrogens is 480 g/mol. The third-order valence-electron chi connectivity index (χ3n) is 6.49. The van der Waals surface area contributed by atoms with Gasteiger partial charge in [0.1, 0.15) is 17.1 Å². The van der Waals surface area contributed by atoms with Crippen molar-refractivity contribution in [1.82, 2.24) is 5.32 Å². The molecular formula is C27H37ClN4O4. The van der Waals surface area contributed by atoms with Crippen LogP contribution in [-0.4, -0.2) is 42.3 Å². The fourth-order valence-corrected chi connectivity index (χ4v) is 4.15. The molecule has 0 aliphatic carbocycles. The van der Waals surface area contributed by atoms with Gasteiger partial charge in [-0.05, 0) is 81.0 Å². The molecule has 1 aliphatic rings. The first-order valence-corrected chi connectivity index (χ1v) is 11.8. The van der Waals surface area contributed by atoms with Crippen molar-refractivity contribution in [2.24, 2.45) is 16.5 Å². The van der Waals surface area contributed by atoms with Crippen molar-refractivity contribution in [3.8, 4) is 11.5 Å². The van der Waals surface area contributed by atoms with Crippen LogP contribution >= 0.6 is 12.4 Å². The molecule has 0 saturated carbocycles. The number of rotatable bonds is 9. The van der Waals surface area contributed by atoms with E-state index in [2.05, 4.69) is 17.2 Å². The van der Waals surface area contributed by atoms with Crippen molar-refractivity contribution >= 4 is 36.0 Å². The maximum atomic E-state index is 12.0. The fraction of sp³-hybridized carbons (Fsp3) is 0.407. The van der Waals surface area contributed by atoms with Crippen LogP contribution in [0.1, 0.15) is 47.6 Å². The predicted octanol–water partition coefficient (Wildman–Crippen LogP) is 3.96. The molecule has 2 aromatic carbocycles. The highest BCUT2D eigenvalue weighted by molar-refractivity contribution is 5.91. The lowest BCUT2D eigenvalue weighted by molar-refractivity contribution is -0.116. The average Bonchev–Trinajstić information content (AvgIpc) is 2.82. The summed E-state index contributed by atoms with van der Waals surface area (Å²) in [6.07, 6.45) is 5.68. The van der Waals surface area contributed by atoms with Gasteiger partial charge in [-0.25, -0.2) is 4.99 Å². The summed E-state index contributed by atoms with van der Waals surface area (Å²) < 4.78 is 12.2. The van der Waals surface area contributed by atoms with E-state index in [1.807, 2.05) is 32.9 Å². The Morgan fingerprint density at radius 3 is 2.53 bits per heavy atom. The first-order chi connectivity index (χ1) is 16.6. The second-order valence-corrected chi connectivity index (χ2v) is 9.20. The molecule has 1 amide bonds. The Kier molecular flexibility index (Phi) is 10.2. The van der Waals surface area contributed by atoms with Gasteiger partial charge >= 0.3 is 0 Å². The van der Waals surface area contributed by atoms with Crippen LogP contribution in [0.25, 0.3) is 6.08 Å². The molecule has 0 spiro atoms. The normalized spacial score (nSPS) is 16.6. The molecule has 8 nitrogen and oxygen atoms in total. The van der Waals surface area contributed by atoms with Crippen LogP contribution in [0, 0.1) is 20.8 Å². The summed E-state index contributed by atoms with van der Waals surface area (Å²) in [7, 11) is 0. The first-order valence-electron chi connectivity index (χ1n) is 11.8. The van der Waals surface area contributed by atoms with Crippen molar-refractivity contribution in [2.45, 2.75) is 52.6 Å². The van der Waals surface area contributed by atoms with Gasteiger partial charge in [0, 0.05) is 24.6 Å². The molecule has 1 aliphatic heterocycles. The fourth-order valence-electron chi connectivity index (χ4n) is 4.15. The van der Waals surface area contributed by atoms with E-state index in [4.69, 9.17) is 20.9 Å². The Morgan fingerprint density at radius 1 is 1.17 bits per heavy atom. The van der Waals surface area contributed by atoms with Gasteiger partial charge in [-0.15, -0.1) is 12.4 Å². The van der Waals surface area contributed by atoms with E-state index in [9.17, 15) is 9.90 Å². The summed E-state index contributed by atoms with van der Waals surface area (Å²) in [5, 5.41) is 13.2. The molecule has 6 N–H and O–H groups in total. The molecule has 0 saturated heterocycles. The summed E-state index contributed by atoms with van der Waals surface area (Å²) in [5.41, 5.74) is 15.8. The second kappa shape index (κ2) is 12.6. The second-order valence-electron chi connectivity index (χ2n) is 9.20. The molecule has 1 unspecified atom stereocenters. The third-order valence-corrected chi connectivity index (χ3v) is 6.49. The molecule has 3 rings (SSSR count). The summed E-state index contributed by atoms with van der Waals surface area (Å²) in [6.45, 7) is 9.35. The van der Waals surface area contributed by atoms with E-state index in [-0.39, 0.29) is 29.9 Å². The van der Waals surface area contributed by atoms with Crippen LogP contribution in [0.15, 0.2) is 35.3 Å². The Bertz CT molecular complexity index is 1130. The number of phenolic OH excluding ortho intramolecular Hbond substituents is 1. The molecule has 36 heavy (non-hydrogen) atoms. The van der Waals surface area contributed by atoms with Gasteiger partial charge in [0.25, 0.3) is 0 Å². The van der Waals surface area contributed by atoms with Crippen LogP contribution in [0.3, 0.4) is 0 Å². The Balaban J connectivity index is 0.00000456. The predicted molar refractivity (Wildman–Crippen MR) is 146 cm³/mol. The maximum Gasteiger partial charge on any atom is 0.244 e. The van der Waals surface area contributed by atoms with E-state index in [0.717, 1.165) is 52.8 Å². The van der Waals surface area contributed by atoms with Crippen LogP contribution in [0.4, 0.5) is 5.69 Å². The van der Waals surface area contributed by atoms with Gasteiger partial charge in [-0.3, -0.25) is 4.79 Å². The summed E-state index contributed by atoms with van der Waals surface area (Å²) in [4.78, 5) is 16.0. The minimum absolute atomic E-state index is 0. The monoisotopic (exact) mass is 516 g/mol. The topological polar surface area (TPSA) is 132 Å². The highest BCUT2D eigenvalue weighted by atomic mass is 35.5.